The first kappa shape index (κ1) is 21.5. The molecule has 0 bridgehead atoms. The lowest BCUT2D eigenvalue weighted by atomic mass is 10.1. The van der Waals surface area contributed by atoms with Gasteiger partial charge in [0.05, 0.1) is 23.4 Å². The molecule has 1 fully saturated rings. The Morgan fingerprint density at radius 3 is 2.39 bits per heavy atom. The third kappa shape index (κ3) is 4.44. The molecule has 168 valence electrons. The third-order valence-electron chi connectivity index (χ3n) is 5.86. The van der Waals surface area contributed by atoms with Gasteiger partial charge in [-0.1, -0.05) is 24.3 Å². The summed E-state index contributed by atoms with van der Waals surface area (Å²) in [6.45, 7) is 2.12. The zero-order valence-corrected chi connectivity index (χ0v) is 19.0. The van der Waals surface area contributed by atoms with Crippen molar-refractivity contribution >= 4 is 34.2 Å². The minimum Gasteiger partial charge on any atom is -0.298 e. The second kappa shape index (κ2) is 8.88. The topological polar surface area (TPSA) is 88.6 Å². The van der Waals surface area contributed by atoms with Crippen LogP contribution in [0, 0.1) is 6.92 Å². The lowest BCUT2D eigenvalue weighted by Crippen LogP contribution is -2.30. The number of aromatic nitrogens is 1. The Hall–Kier alpha value is -3.36. The molecule has 0 radical (unpaired) electrons. The second-order valence-electron chi connectivity index (χ2n) is 8.27. The van der Waals surface area contributed by atoms with E-state index in [9.17, 15) is 14.4 Å². The Kier molecular flexibility index (Phi) is 5.78. The van der Waals surface area contributed by atoms with E-state index in [0.29, 0.717) is 40.6 Å². The highest BCUT2D eigenvalue weighted by molar-refractivity contribution is 7.15. The summed E-state index contributed by atoms with van der Waals surface area (Å²) in [6.07, 6.45) is 3.73. The molecule has 1 saturated carbocycles. The van der Waals surface area contributed by atoms with E-state index in [4.69, 9.17) is 4.84 Å². The Balaban J connectivity index is 1.13. The Bertz CT molecular complexity index is 1200. The van der Waals surface area contributed by atoms with Gasteiger partial charge in [-0.3, -0.25) is 24.5 Å². The number of nitrogens with zero attached hydrogens (tertiary/aromatic N) is 2. The van der Waals surface area contributed by atoms with Crippen molar-refractivity contribution in [2.45, 2.75) is 38.5 Å². The van der Waals surface area contributed by atoms with Crippen molar-refractivity contribution in [2.75, 3.05) is 11.9 Å². The largest absolute Gasteiger partial charge is 0.298 e. The van der Waals surface area contributed by atoms with Gasteiger partial charge in [0, 0.05) is 10.4 Å². The number of amides is 3. The highest BCUT2D eigenvalue weighted by Crippen LogP contribution is 2.40. The molecule has 2 aliphatic rings. The fraction of sp³-hybridized carbons (Fsp3) is 0.280. The molecule has 1 aliphatic carbocycles. The molecule has 2 heterocycles. The van der Waals surface area contributed by atoms with Crippen LogP contribution in [-0.4, -0.2) is 34.4 Å². The SMILES string of the molecule is Cc1nc(NC(=O)c2ccc(C3CC3)cc2)sc1CCCON1C(=O)c2ccccc2C1=O. The highest BCUT2D eigenvalue weighted by Gasteiger charge is 2.36. The first-order valence-corrected chi connectivity index (χ1v) is 11.8. The van der Waals surface area contributed by atoms with Crippen molar-refractivity contribution in [2.24, 2.45) is 0 Å². The number of nitrogens with one attached hydrogen (secondary N) is 1. The van der Waals surface area contributed by atoms with E-state index >= 15 is 0 Å². The Morgan fingerprint density at radius 1 is 1.09 bits per heavy atom. The van der Waals surface area contributed by atoms with Crippen LogP contribution < -0.4 is 5.32 Å². The number of thiazole rings is 1. The van der Waals surface area contributed by atoms with Gasteiger partial charge in [-0.05, 0) is 68.4 Å². The maximum absolute atomic E-state index is 12.6. The smallest absolute Gasteiger partial charge is 0.285 e. The molecule has 3 amide bonds. The number of aryl methyl sites for hydroxylation is 2. The van der Waals surface area contributed by atoms with Crippen LogP contribution in [0.4, 0.5) is 5.13 Å². The van der Waals surface area contributed by atoms with Crippen molar-refractivity contribution in [1.82, 2.24) is 10.0 Å². The molecule has 5 rings (SSSR count). The molecule has 0 unspecified atom stereocenters. The molecule has 1 N–H and O–H groups in total. The highest BCUT2D eigenvalue weighted by atomic mass is 32.1. The fourth-order valence-corrected chi connectivity index (χ4v) is 4.88. The van der Waals surface area contributed by atoms with Crippen LogP contribution in [0.15, 0.2) is 48.5 Å². The van der Waals surface area contributed by atoms with Crippen LogP contribution >= 0.6 is 11.3 Å². The van der Waals surface area contributed by atoms with Crippen LogP contribution in [0.3, 0.4) is 0 Å². The summed E-state index contributed by atoms with van der Waals surface area (Å²) in [5, 5.41) is 4.27. The average Bonchev–Trinajstić information content (AvgIpc) is 3.58. The van der Waals surface area contributed by atoms with Gasteiger partial charge < -0.3 is 0 Å². The number of carbonyl (C=O) groups is 3. The molecule has 0 saturated heterocycles. The normalized spacial score (nSPS) is 15.1. The monoisotopic (exact) mass is 461 g/mol. The summed E-state index contributed by atoms with van der Waals surface area (Å²) >= 11 is 1.43. The summed E-state index contributed by atoms with van der Waals surface area (Å²) in [6, 6.07) is 14.5. The summed E-state index contributed by atoms with van der Waals surface area (Å²) < 4.78 is 0. The van der Waals surface area contributed by atoms with E-state index in [-0.39, 0.29) is 12.5 Å². The lowest BCUT2D eigenvalue weighted by Gasteiger charge is -2.12. The van der Waals surface area contributed by atoms with Crippen molar-refractivity contribution in [3.63, 3.8) is 0 Å². The van der Waals surface area contributed by atoms with Crippen LogP contribution in [0.1, 0.15) is 72.4 Å². The zero-order chi connectivity index (χ0) is 22.9. The van der Waals surface area contributed by atoms with Gasteiger partial charge in [0.2, 0.25) is 0 Å². The second-order valence-corrected chi connectivity index (χ2v) is 9.35. The van der Waals surface area contributed by atoms with Gasteiger partial charge >= 0.3 is 0 Å². The summed E-state index contributed by atoms with van der Waals surface area (Å²) in [5.74, 6) is -0.377. The van der Waals surface area contributed by atoms with Gasteiger partial charge in [0.1, 0.15) is 0 Å². The Labute approximate surface area is 195 Å². The molecule has 1 aliphatic heterocycles. The predicted molar refractivity (Wildman–Crippen MR) is 124 cm³/mol. The minimum atomic E-state index is -0.431. The zero-order valence-electron chi connectivity index (χ0n) is 18.2. The molecule has 8 heteroatoms. The summed E-state index contributed by atoms with van der Waals surface area (Å²) in [5.41, 5.74) is 3.48. The van der Waals surface area contributed by atoms with E-state index < -0.39 is 11.8 Å². The molecule has 2 aromatic carbocycles. The van der Waals surface area contributed by atoms with E-state index in [0.717, 1.165) is 15.6 Å². The average molecular weight is 462 g/mol. The summed E-state index contributed by atoms with van der Waals surface area (Å²) in [7, 11) is 0. The van der Waals surface area contributed by atoms with Gasteiger partial charge in [-0.2, -0.15) is 0 Å². The number of fused-ring (bicyclic) bond motifs is 1. The molecule has 3 aromatic rings. The lowest BCUT2D eigenvalue weighted by molar-refractivity contribution is -0.0918. The molecule has 1 aromatic heterocycles. The number of hydroxylamine groups is 2. The molecular weight excluding hydrogens is 438 g/mol. The van der Waals surface area contributed by atoms with Crippen LogP contribution in [0.25, 0.3) is 0 Å². The number of hydrogen-bond acceptors (Lipinski definition) is 6. The number of benzene rings is 2. The van der Waals surface area contributed by atoms with Crippen molar-refractivity contribution in [3.8, 4) is 0 Å². The third-order valence-corrected chi connectivity index (χ3v) is 6.99. The van der Waals surface area contributed by atoms with E-state index in [1.165, 1.54) is 29.7 Å². The van der Waals surface area contributed by atoms with Crippen molar-refractivity contribution in [1.29, 1.82) is 0 Å². The standard InChI is InChI=1S/C25H23N3O4S/c1-15-21(7-4-14-32-28-23(30)19-5-2-3-6-20(19)24(28)31)33-25(26-15)27-22(29)18-12-10-17(11-13-18)16-8-9-16/h2-3,5-6,10-13,16H,4,7-9,14H2,1H3,(H,26,27,29). The number of hydrogen-bond donors (Lipinski definition) is 1. The minimum absolute atomic E-state index is 0.174. The van der Waals surface area contributed by atoms with Gasteiger partial charge in [-0.25, -0.2) is 4.98 Å². The molecule has 7 nitrogen and oxygen atoms in total. The Morgan fingerprint density at radius 2 is 1.76 bits per heavy atom. The number of carbonyl (C=O) groups excluding carboxylic acids is 3. The predicted octanol–water partition coefficient (Wildman–Crippen LogP) is 4.74. The van der Waals surface area contributed by atoms with Gasteiger partial charge in [0.15, 0.2) is 5.13 Å². The van der Waals surface area contributed by atoms with Gasteiger partial charge in [0.25, 0.3) is 17.7 Å². The van der Waals surface area contributed by atoms with E-state index in [2.05, 4.69) is 10.3 Å². The number of imide groups is 1. The summed E-state index contributed by atoms with van der Waals surface area (Å²) in [4.78, 5) is 48.2. The van der Waals surface area contributed by atoms with E-state index in [1.807, 2.05) is 31.2 Å². The van der Waals surface area contributed by atoms with E-state index in [1.54, 1.807) is 24.3 Å². The molecule has 0 atom stereocenters. The van der Waals surface area contributed by atoms with Crippen molar-refractivity contribution < 1.29 is 19.2 Å². The van der Waals surface area contributed by atoms with Crippen LogP contribution in [-0.2, 0) is 11.3 Å². The molecule has 0 spiro atoms. The van der Waals surface area contributed by atoms with Gasteiger partial charge in [-0.15, -0.1) is 16.4 Å². The first-order chi connectivity index (χ1) is 16.0. The maximum atomic E-state index is 12.6. The quantitative estimate of drug-likeness (QED) is 0.387. The molecular formula is C25H23N3O4S. The first-order valence-electron chi connectivity index (χ1n) is 11.0. The fourth-order valence-electron chi connectivity index (χ4n) is 3.88. The number of anilines is 1. The van der Waals surface area contributed by atoms with Crippen LogP contribution in [0.2, 0.25) is 0 Å². The van der Waals surface area contributed by atoms with Crippen molar-refractivity contribution in [3.05, 3.63) is 81.4 Å². The maximum Gasteiger partial charge on any atom is 0.285 e. The number of rotatable bonds is 8. The molecule has 33 heavy (non-hydrogen) atoms. The van der Waals surface area contributed by atoms with Crippen LogP contribution in [0.5, 0.6) is 0 Å².